The molecule has 18 heavy (non-hydrogen) atoms. The molecule has 0 atom stereocenters. The Kier molecular flexibility index (Phi) is 6.09. The number of rotatable bonds is 5. The maximum Gasteiger partial charge on any atom is 0.170 e. The molecule has 0 heterocycles. The molecular formula is C14H24N3S+. The predicted octanol–water partition coefficient (Wildman–Crippen LogP) is 1.12. The Morgan fingerprint density at radius 3 is 2.56 bits per heavy atom. The smallest absolute Gasteiger partial charge is 0.170 e. The Morgan fingerprint density at radius 1 is 1.22 bits per heavy atom. The average molecular weight is 266 g/mol. The zero-order valence-electron chi connectivity index (χ0n) is 11.8. The second-order valence-corrected chi connectivity index (χ2v) is 5.40. The SMILES string of the molecule is Cc1ccc(NC(=S)NCCC[NH+](C)C)cc1C. The quantitative estimate of drug-likeness (QED) is 0.551. The Morgan fingerprint density at radius 2 is 1.94 bits per heavy atom. The van der Waals surface area contributed by atoms with Crippen LogP contribution < -0.4 is 15.5 Å². The minimum Gasteiger partial charge on any atom is -0.362 e. The standard InChI is InChI=1S/C14H23N3S/c1-11-6-7-13(10-12(11)2)16-14(18)15-8-5-9-17(3)4/h6-7,10H,5,8-9H2,1-4H3,(H2,15,16,18)/p+1. The van der Waals surface area contributed by atoms with E-state index in [0.29, 0.717) is 5.11 Å². The maximum absolute atomic E-state index is 5.26. The number of thiocarbonyl (C=S) groups is 1. The van der Waals surface area contributed by atoms with Crippen LogP contribution >= 0.6 is 12.2 Å². The minimum absolute atomic E-state index is 0.701. The maximum atomic E-state index is 5.26. The fourth-order valence-electron chi connectivity index (χ4n) is 1.64. The summed E-state index contributed by atoms with van der Waals surface area (Å²) < 4.78 is 0. The molecule has 1 aromatic carbocycles. The molecule has 0 amide bonds. The number of quaternary nitrogens is 1. The largest absolute Gasteiger partial charge is 0.362 e. The molecule has 0 unspecified atom stereocenters. The van der Waals surface area contributed by atoms with E-state index in [0.717, 1.165) is 25.2 Å². The monoisotopic (exact) mass is 266 g/mol. The van der Waals surface area contributed by atoms with Gasteiger partial charge in [0.25, 0.3) is 0 Å². The topological polar surface area (TPSA) is 28.5 Å². The van der Waals surface area contributed by atoms with Gasteiger partial charge in [0.15, 0.2) is 5.11 Å². The molecule has 3 nitrogen and oxygen atoms in total. The first-order valence-corrected chi connectivity index (χ1v) is 6.81. The highest BCUT2D eigenvalue weighted by molar-refractivity contribution is 7.80. The van der Waals surface area contributed by atoms with Crippen molar-refractivity contribution in [1.82, 2.24) is 5.32 Å². The molecule has 0 fully saturated rings. The zero-order valence-corrected chi connectivity index (χ0v) is 12.6. The number of aryl methyl sites for hydroxylation is 2. The summed E-state index contributed by atoms with van der Waals surface area (Å²) in [5.74, 6) is 0. The van der Waals surface area contributed by atoms with Crippen molar-refractivity contribution in [3.05, 3.63) is 29.3 Å². The zero-order chi connectivity index (χ0) is 13.5. The van der Waals surface area contributed by atoms with Gasteiger partial charge in [-0.05, 0) is 49.3 Å². The molecule has 0 saturated heterocycles. The van der Waals surface area contributed by atoms with Crippen LogP contribution in [0, 0.1) is 13.8 Å². The van der Waals surface area contributed by atoms with E-state index >= 15 is 0 Å². The van der Waals surface area contributed by atoms with Crippen molar-refractivity contribution >= 4 is 23.0 Å². The summed E-state index contributed by atoms with van der Waals surface area (Å²) in [5, 5.41) is 7.14. The lowest BCUT2D eigenvalue weighted by atomic mass is 10.1. The van der Waals surface area contributed by atoms with Crippen molar-refractivity contribution in [3.63, 3.8) is 0 Å². The van der Waals surface area contributed by atoms with Gasteiger partial charge in [-0.2, -0.15) is 0 Å². The first-order valence-electron chi connectivity index (χ1n) is 6.40. The summed E-state index contributed by atoms with van der Waals surface area (Å²) in [6.07, 6.45) is 1.12. The summed E-state index contributed by atoms with van der Waals surface area (Å²) in [4.78, 5) is 1.46. The van der Waals surface area contributed by atoms with E-state index in [1.807, 2.05) is 0 Å². The average Bonchev–Trinajstić information content (AvgIpc) is 2.29. The lowest BCUT2D eigenvalue weighted by Gasteiger charge is -2.12. The summed E-state index contributed by atoms with van der Waals surface area (Å²) in [6.45, 7) is 6.29. The van der Waals surface area contributed by atoms with Crippen LogP contribution in [0.25, 0.3) is 0 Å². The Bertz CT molecular complexity index is 402. The van der Waals surface area contributed by atoms with Gasteiger partial charge in [-0.1, -0.05) is 6.07 Å². The van der Waals surface area contributed by atoms with Gasteiger partial charge in [0, 0.05) is 18.7 Å². The van der Waals surface area contributed by atoms with Crippen LogP contribution in [0.5, 0.6) is 0 Å². The van der Waals surface area contributed by atoms with Crippen LogP contribution in [0.1, 0.15) is 17.5 Å². The van der Waals surface area contributed by atoms with Crippen LogP contribution in [0.3, 0.4) is 0 Å². The molecule has 100 valence electrons. The van der Waals surface area contributed by atoms with Crippen LogP contribution in [0.2, 0.25) is 0 Å². The molecule has 0 radical (unpaired) electrons. The van der Waals surface area contributed by atoms with Crippen LogP contribution in [0.15, 0.2) is 18.2 Å². The van der Waals surface area contributed by atoms with Gasteiger partial charge in [-0.25, -0.2) is 0 Å². The van der Waals surface area contributed by atoms with Gasteiger partial charge in [0.05, 0.1) is 20.6 Å². The number of benzene rings is 1. The minimum atomic E-state index is 0.701. The molecule has 0 saturated carbocycles. The molecule has 4 heteroatoms. The molecule has 1 aromatic rings. The van der Waals surface area contributed by atoms with Crippen molar-refractivity contribution < 1.29 is 4.90 Å². The Balaban J connectivity index is 2.33. The normalized spacial score (nSPS) is 10.5. The third-order valence-corrected chi connectivity index (χ3v) is 3.15. The summed E-state index contributed by atoms with van der Waals surface area (Å²) in [5.41, 5.74) is 3.63. The van der Waals surface area contributed by atoms with E-state index < -0.39 is 0 Å². The van der Waals surface area contributed by atoms with E-state index in [9.17, 15) is 0 Å². The Labute approximate surface area is 116 Å². The fourth-order valence-corrected chi connectivity index (χ4v) is 1.86. The van der Waals surface area contributed by atoms with Gasteiger partial charge in [0.1, 0.15) is 0 Å². The fraction of sp³-hybridized carbons (Fsp3) is 0.500. The molecule has 0 aliphatic heterocycles. The number of anilines is 1. The highest BCUT2D eigenvalue weighted by atomic mass is 32.1. The van der Waals surface area contributed by atoms with Gasteiger partial charge in [-0.15, -0.1) is 0 Å². The first-order chi connectivity index (χ1) is 8.49. The van der Waals surface area contributed by atoms with E-state index in [4.69, 9.17) is 12.2 Å². The lowest BCUT2D eigenvalue weighted by Crippen LogP contribution is -3.05. The predicted molar refractivity (Wildman–Crippen MR) is 82.4 cm³/mol. The number of hydrogen-bond donors (Lipinski definition) is 3. The van der Waals surface area contributed by atoms with Crippen molar-refractivity contribution in [1.29, 1.82) is 0 Å². The molecule has 0 aromatic heterocycles. The molecule has 1 rings (SSSR count). The summed E-state index contributed by atoms with van der Waals surface area (Å²) >= 11 is 5.26. The van der Waals surface area contributed by atoms with Crippen molar-refractivity contribution in [2.75, 3.05) is 32.5 Å². The molecule has 0 bridgehead atoms. The second kappa shape index (κ2) is 7.34. The van der Waals surface area contributed by atoms with Crippen LogP contribution in [0.4, 0.5) is 5.69 Å². The van der Waals surface area contributed by atoms with Gasteiger partial charge >= 0.3 is 0 Å². The van der Waals surface area contributed by atoms with Crippen molar-refractivity contribution in [3.8, 4) is 0 Å². The van der Waals surface area contributed by atoms with E-state index in [1.54, 1.807) is 0 Å². The molecular weight excluding hydrogens is 242 g/mol. The number of hydrogen-bond acceptors (Lipinski definition) is 1. The third-order valence-electron chi connectivity index (χ3n) is 2.90. The first kappa shape index (κ1) is 14.9. The highest BCUT2D eigenvalue weighted by Gasteiger charge is 2.00. The van der Waals surface area contributed by atoms with Gasteiger partial charge in [-0.3, -0.25) is 0 Å². The van der Waals surface area contributed by atoms with E-state index in [-0.39, 0.29) is 0 Å². The van der Waals surface area contributed by atoms with Crippen LogP contribution in [-0.2, 0) is 0 Å². The summed E-state index contributed by atoms with van der Waals surface area (Å²) in [7, 11) is 4.32. The third kappa shape index (κ3) is 5.47. The highest BCUT2D eigenvalue weighted by Crippen LogP contribution is 2.13. The summed E-state index contributed by atoms with van der Waals surface area (Å²) in [6, 6.07) is 6.28. The van der Waals surface area contributed by atoms with Gasteiger partial charge < -0.3 is 15.5 Å². The molecule has 0 spiro atoms. The van der Waals surface area contributed by atoms with Crippen molar-refractivity contribution in [2.45, 2.75) is 20.3 Å². The molecule has 3 N–H and O–H groups in total. The lowest BCUT2D eigenvalue weighted by molar-refractivity contribution is -0.858. The van der Waals surface area contributed by atoms with Gasteiger partial charge in [0.2, 0.25) is 0 Å². The molecule has 0 aliphatic rings. The Hall–Kier alpha value is -1.13. The molecule has 0 aliphatic carbocycles. The second-order valence-electron chi connectivity index (χ2n) is 4.99. The van der Waals surface area contributed by atoms with Crippen molar-refractivity contribution in [2.24, 2.45) is 0 Å². The number of nitrogens with one attached hydrogen (secondary N) is 3. The van der Waals surface area contributed by atoms with E-state index in [1.165, 1.54) is 16.0 Å². The van der Waals surface area contributed by atoms with Crippen LogP contribution in [-0.4, -0.2) is 32.3 Å². The van der Waals surface area contributed by atoms with E-state index in [2.05, 4.69) is 56.8 Å².